The maximum atomic E-state index is 11.1. The molecule has 0 spiro atoms. The summed E-state index contributed by atoms with van der Waals surface area (Å²) >= 11 is 0. The smallest absolute Gasteiger partial charge is 0.328 e. The van der Waals surface area contributed by atoms with Gasteiger partial charge in [0.05, 0.1) is 6.10 Å². The number of benzene rings is 1. The average Bonchev–Trinajstić information content (AvgIpc) is 2.34. The summed E-state index contributed by atoms with van der Waals surface area (Å²) in [5, 5.41) is 20.6. The van der Waals surface area contributed by atoms with Gasteiger partial charge in [0, 0.05) is 6.42 Å². The van der Waals surface area contributed by atoms with Crippen molar-refractivity contribution in [2.45, 2.75) is 18.6 Å². The van der Waals surface area contributed by atoms with Crippen LogP contribution in [0.15, 0.2) is 24.3 Å². The number of ether oxygens (including phenoxy) is 1. The van der Waals surface area contributed by atoms with Gasteiger partial charge in [-0.15, -0.1) is 0 Å². The van der Waals surface area contributed by atoms with Crippen molar-refractivity contribution in [2.75, 3.05) is 6.61 Å². The van der Waals surface area contributed by atoms with E-state index in [4.69, 9.17) is 14.9 Å². The predicted octanol–water partition coefficient (Wildman–Crippen LogP) is -0.0971. The van der Waals surface area contributed by atoms with Crippen LogP contribution >= 0.6 is 0 Å². The maximum absolute atomic E-state index is 11.1. The van der Waals surface area contributed by atoms with E-state index in [1.807, 2.05) is 0 Å². The molecule has 6 heteroatoms. The molecule has 1 aromatic rings. The van der Waals surface area contributed by atoms with Gasteiger partial charge in [0.25, 0.3) is 0 Å². The summed E-state index contributed by atoms with van der Waals surface area (Å²) in [5.74, 6) is -1.40. The van der Waals surface area contributed by atoms with Crippen molar-refractivity contribution in [3.05, 3.63) is 29.8 Å². The highest BCUT2D eigenvalue weighted by Gasteiger charge is 2.34. The third kappa shape index (κ3) is 2.78. The number of aliphatic carboxylic acids is 1. The molecule has 1 saturated heterocycles. The molecule has 0 aromatic heterocycles. The molecule has 1 amide bonds. The second-order valence-corrected chi connectivity index (χ2v) is 4.10. The number of aromatic hydroxyl groups is 1. The molecule has 3 N–H and O–H groups in total. The molecule has 1 aromatic carbocycles. The predicted molar refractivity (Wildman–Crippen MR) is 61.1 cm³/mol. The van der Waals surface area contributed by atoms with E-state index in [-0.39, 0.29) is 12.4 Å². The lowest BCUT2D eigenvalue weighted by Gasteiger charge is -2.29. The Morgan fingerprint density at radius 1 is 1.39 bits per heavy atom. The second-order valence-electron chi connectivity index (χ2n) is 4.10. The van der Waals surface area contributed by atoms with Crippen molar-refractivity contribution in [3.8, 4) is 5.75 Å². The number of carboxylic acid groups (broad SMARTS) is 1. The van der Waals surface area contributed by atoms with E-state index in [0.29, 0.717) is 6.42 Å². The van der Waals surface area contributed by atoms with Crippen LogP contribution in [0, 0.1) is 0 Å². The van der Waals surface area contributed by atoms with E-state index in [0.717, 1.165) is 5.56 Å². The molecule has 0 saturated carbocycles. The molecule has 18 heavy (non-hydrogen) atoms. The fourth-order valence-corrected chi connectivity index (χ4v) is 1.85. The number of carboxylic acids is 1. The van der Waals surface area contributed by atoms with Crippen LogP contribution in [0.2, 0.25) is 0 Å². The third-order valence-electron chi connectivity index (χ3n) is 2.76. The average molecular weight is 251 g/mol. The van der Waals surface area contributed by atoms with Gasteiger partial charge in [-0.2, -0.15) is 0 Å². The van der Waals surface area contributed by atoms with Crippen LogP contribution in [-0.4, -0.2) is 40.8 Å². The van der Waals surface area contributed by atoms with Crippen molar-refractivity contribution in [1.82, 2.24) is 5.32 Å². The molecule has 1 fully saturated rings. The molecule has 6 nitrogen and oxygen atoms in total. The summed E-state index contributed by atoms with van der Waals surface area (Å²) in [6.07, 6.45) is -0.248. The van der Waals surface area contributed by atoms with Crippen LogP contribution in [-0.2, 0) is 20.7 Å². The van der Waals surface area contributed by atoms with Crippen molar-refractivity contribution < 1.29 is 24.5 Å². The number of carbonyl (C=O) groups excluding carboxylic acids is 1. The second kappa shape index (κ2) is 5.05. The fraction of sp³-hybridized carbons (Fsp3) is 0.333. The Bertz CT molecular complexity index is 456. The van der Waals surface area contributed by atoms with Gasteiger partial charge in [0.15, 0.2) is 6.04 Å². The summed E-state index contributed by atoms with van der Waals surface area (Å²) in [6, 6.07) is 5.38. The van der Waals surface area contributed by atoms with E-state index in [2.05, 4.69) is 5.32 Å². The molecule has 1 aliphatic heterocycles. The summed E-state index contributed by atoms with van der Waals surface area (Å²) in [6.45, 7) is -0.132. The Morgan fingerprint density at radius 3 is 2.67 bits per heavy atom. The number of phenolic OH excluding ortho intramolecular Hbond substituents is 1. The SMILES string of the molecule is O=C1COC(Cc2ccc(O)cc2)C(C(=O)O)N1. The van der Waals surface area contributed by atoms with Crippen LogP contribution in [0.25, 0.3) is 0 Å². The van der Waals surface area contributed by atoms with Gasteiger partial charge < -0.3 is 20.3 Å². The molecule has 2 atom stereocenters. The summed E-state index contributed by atoms with van der Waals surface area (Å²) in [4.78, 5) is 22.1. The molecule has 2 unspecified atom stereocenters. The van der Waals surface area contributed by atoms with Crippen LogP contribution in [0.1, 0.15) is 5.56 Å². The zero-order chi connectivity index (χ0) is 13.1. The highest BCUT2D eigenvalue weighted by molar-refractivity contribution is 5.85. The van der Waals surface area contributed by atoms with E-state index >= 15 is 0 Å². The standard InChI is InChI=1S/C12H13NO5/c14-8-3-1-7(2-4-8)5-9-11(12(16)17)13-10(15)6-18-9/h1-4,9,11,14H,5-6H2,(H,13,15)(H,16,17). The lowest BCUT2D eigenvalue weighted by molar-refractivity contribution is -0.154. The molecule has 96 valence electrons. The van der Waals surface area contributed by atoms with Crippen LogP contribution in [0.4, 0.5) is 0 Å². The van der Waals surface area contributed by atoms with E-state index in [1.165, 1.54) is 12.1 Å². The minimum atomic E-state index is -1.12. The van der Waals surface area contributed by atoms with Gasteiger partial charge in [-0.3, -0.25) is 4.79 Å². The van der Waals surface area contributed by atoms with Crippen molar-refractivity contribution >= 4 is 11.9 Å². The van der Waals surface area contributed by atoms with Gasteiger partial charge in [-0.05, 0) is 17.7 Å². The Hall–Kier alpha value is -2.08. The quantitative estimate of drug-likeness (QED) is 0.697. The third-order valence-corrected chi connectivity index (χ3v) is 2.76. The Labute approximate surface area is 103 Å². The van der Waals surface area contributed by atoms with E-state index in [1.54, 1.807) is 12.1 Å². The molecular weight excluding hydrogens is 238 g/mol. The first kappa shape index (κ1) is 12.4. The zero-order valence-electron chi connectivity index (χ0n) is 9.50. The molecule has 2 rings (SSSR count). The zero-order valence-corrected chi connectivity index (χ0v) is 9.50. The molecule has 0 bridgehead atoms. The van der Waals surface area contributed by atoms with E-state index < -0.39 is 24.0 Å². The Morgan fingerprint density at radius 2 is 2.06 bits per heavy atom. The number of hydrogen-bond donors (Lipinski definition) is 3. The van der Waals surface area contributed by atoms with Gasteiger partial charge in [-0.25, -0.2) is 4.79 Å². The Kier molecular flexibility index (Phi) is 3.47. The van der Waals surface area contributed by atoms with E-state index in [9.17, 15) is 9.59 Å². The lowest BCUT2D eigenvalue weighted by atomic mass is 10.0. The van der Waals surface area contributed by atoms with Gasteiger partial charge in [0.2, 0.25) is 5.91 Å². The Balaban J connectivity index is 2.09. The highest BCUT2D eigenvalue weighted by atomic mass is 16.5. The molecule has 0 aliphatic carbocycles. The molecular formula is C12H13NO5. The van der Waals surface area contributed by atoms with Crippen LogP contribution < -0.4 is 5.32 Å². The minimum absolute atomic E-state index is 0.132. The number of nitrogens with one attached hydrogen (secondary N) is 1. The highest BCUT2D eigenvalue weighted by Crippen LogP contribution is 2.16. The first-order valence-electron chi connectivity index (χ1n) is 5.48. The largest absolute Gasteiger partial charge is 0.508 e. The lowest BCUT2D eigenvalue weighted by Crippen LogP contribution is -2.56. The number of amides is 1. The van der Waals surface area contributed by atoms with Crippen molar-refractivity contribution in [2.24, 2.45) is 0 Å². The molecule has 1 heterocycles. The van der Waals surface area contributed by atoms with Crippen LogP contribution in [0.3, 0.4) is 0 Å². The minimum Gasteiger partial charge on any atom is -0.508 e. The number of morpholine rings is 1. The maximum Gasteiger partial charge on any atom is 0.328 e. The van der Waals surface area contributed by atoms with Crippen LogP contribution in [0.5, 0.6) is 5.75 Å². The van der Waals surface area contributed by atoms with Gasteiger partial charge >= 0.3 is 5.97 Å². The van der Waals surface area contributed by atoms with Gasteiger partial charge in [-0.1, -0.05) is 12.1 Å². The first-order valence-corrected chi connectivity index (χ1v) is 5.48. The number of phenols is 1. The topological polar surface area (TPSA) is 95.9 Å². The van der Waals surface area contributed by atoms with Crippen molar-refractivity contribution in [3.63, 3.8) is 0 Å². The number of hydrogen-bond acceptors (Lipinski definition) is 4. The molecule has 0 radical (unpaired) electrons. The first-order chi connectivity index (χ1) is 8.56. The summed E-state index contributed by atoms with van der Waals surface area (Å²) in [7, 11) is 0. The number of rotatable bonds is 3. The van der Waals surface area contributed by atoms with Crippen molar-refractivity contribution in [1.29, 1.82) is 0 Å². The summed E-state index contributed by atoms with van der Waals surface area (Å²) in [5.41, 5.74) is 0.834. The van der Waals surface area contributed by atoms with Gasteiger partial charge in [0.1, 0.15) is 12.4 Å². The summed E-state index contributed by atoms with van der Waals surface area (Å²) < 4.78 is 5.24. The number of carbonyl (C=O) groups is 2. The normalized spacial score (nSPS) is 23.4. The monoisotopic (exact) mass is 251 g/mol. The fourth-order valence-electron chi connectivity index (χ4n) is 1.85. The molecule has 1 aliphatic rings.